The molecule has 2 N–H and O–H groups in total. The van der Waals surface area contributed by atoms with Gasteiger partial charge in [-0.05, 0) is 87.7 Å². The molecule has 0 spiro atoms. The molecule has 4 aliphatic carbocycles. The fraction of sp³-hybridized carbons (Fsp3) is 0.947. The van der Waals surface area contributed by atoms with Crippen molar-refractivity contribution in [2.75, 3.05) is 32.7 Å². The normalized spacial score (nSPS) is 34.8. The Labute approximate surface area is 141 Å². The molecule has 4 fully saturated rings. The first-order valence-corrected chi connectivity index (χ1v) is 9.86. The van der Waals surface area contributed by atoms with E-state index in [9.17, 15) is 4.79 Å². The van der Waals surface area contributed by atoms with Crippen molar-refractivity contribution in [3.8, 4) is 0 Å². The highest BCUT2D eigenvalue weighted by Crippen LogP contribution is 2.59. The lowest BCUT2D eigenvalue weighted by molar-refractivity contribution is -0.0498. The van der Waals surface area contributed by atoms with Crippen molar-refractivity contribution in [3.63, 3.8) is 0 Å². The second-order valence-electron chi connectivity index (χ2n) is 8.41. The second kappa shape index (κ2) is 7.42. The summed E-state index contributed by atoms with van der Waals surface area (Å²) in [6, 6.07) is 0.0419. The Hall–Kier alpha value is -0.770. The van der Waals surface area contributed by atoms with Gasteiger partial charge in [0.15, 0.2) is 0 Å². The Bertz CT molecular complexity index is 370. The highest BCUT2D eigenvalue weighted by Gasteiger charge is 2.50. The van der Waals surface area contributed by atoms with E-state index >= 15 is 0 Å². The first-order valence-electron chi connectivity index (χ1n) is 9.86. The maximum absolute atomic E-state index is 12.1. The number of nitrogens with one attached hydrogen (secondary N) is 2. The SMILES string of the molecule is CCN(CC)CCCNC(=O)NCC12CC3CC(CC(C3)C1)C2. The van der Waals surface area contributed by atoms with Crippen molar-refractivity contribution < 1.29 is 4.79 Å². The van der Waals surface area contributed by atoms with E-state index in [1.54, 1.807) is 0 Å². The Morgan fingerprint density at radius 2 is 1.57 bits per heavy atom. The Balaban J connectivity index is 1.35. The molecule has 4 saturated carbocycles. The van der Waals surface area contributed by atoms with Crippen LogP contribution in [0.5, 0.6) is 0 Å². The molecule has 0 radical (unpaired) electrons. The van der Waals surface area contributed by atoms with E-state index in [2.05, 4.69) is 29.4 Å². The Kier molecular flexibility index (Phi) is 5.50. The number of rotatable bonds is 8. The third-order valence-electron chi connectivity index (χ3n) is 6.62. The van der Waals surface area contributed by atoms with E-state index in [1.165, 1.54) is 38.5 Å². The molecule has 2 amide bonds. The van der Waals surface area contributed by atoms with Gasteiger partial charge in [-0.3, -0.25) is 0 Å². The van der Waals surface area contributed by atoms with Gasteiger partial charge in [-0.15, -0.1) is 0 Å². The van der Waals surface area contributed by atoms with Crippen LogP contribution >= 0.6 is 0 Å². The highest BCUT2D eigenvalue weighted by molar-refractivity contribution is 5.73. The molecule has 0 unspecified atom stereocenters. The molecule has 0 aliphatic heterocycles. The van der Waals surface area contributed by atoms with E-state index in [4.69, 9.17) is 0 Å². The number of hydrogen-bond acceptors (Lipinski definition) is 2. The summed E-state index contributed by atoms with van der Waals surface area (Å²) in [5.41, 5.74) is 0.438. The molecular formula is C19H35N3O. The number of nitrogens with zero attached hydrogens (tertiary/aromatic N) is 1. The number of urea groups is 1. The minimum Gasteiger partial charge on any atom is -0.338 e. The fourth-order valence-corrected chi connectivity index (χ4v) is 5.88. The van der Waals surface area contributed by atoms with Crippen LogP contribution in [-0.2, 0) is 0 Å². The van der Waals surface area contributed by atoms with Crippen LogP contribution in [0.2, 0.25) is 0 Å². The van der Waals surface area contributed by atoms with Gasteiger partial charge in [0.2, 0.25) is 0 Å². The number of carbonyl (C=O) groups excluding carboxylic acids is 1. The van der Waals surface area contributed by atoms with Crippen LogP contribution in [0.15, 0.2) is 0 Å². The van der Waals surface area contributed by atoms with Crippen LogP contribution in [0.1, 0.15) is 58.8 Å². The van der Waals surface area contributed by atoms with Gasteiger partial charge < -0.3 is 15.5 Å². The molecule has 23 heavy (non-hydrogen) atoms. The van der Waals surface area contributed by atoms with E-state index in [0.717, 1.165) is 56.9 Å². The summed E-state index contributed by atoms with van der Waals surface area (Å²) in [4.78, 5) is 14.5. The fourth-order valence-electron chi connectivity index (χ4n) is 5.88. The van der Waals surface area contributed by atoms with Crippen LogP contribution in [0.25, 0.3) is 0 Å². The van der Waals surface area contributed by atoms with Gasteiger partial charge >= 0.3 is 6.03 Å². The summed E-state index contributed by atoms with van der Waals surface area (Å²) in [5, 5.41) is 6.23. The van der Waals surface area contributed by atoms with Gasteiger partial charge in [-0.2, -0.15) is 0 Å². The third-order valence-corrected chi connectivity index (χ3v) is 6.62. The number of carbonyl (C=O) groups is 1. The van der Waals surface area contributed by atoms with Crippen molar-refractivity contribution in [1.29, 1.82) is 0 Å². The molecule has 0 aromatic heterocycles. The van der Waals surface area contributed by atoms with Gasteiger partial charge in [0, 0.05) is 13.1 Å². The zero-order valence-electron chi connectivity index (χ0n) is 15.1. The van der Waals surface area contributed by atoms with Crippen LogP contribution in [-0.4, -0.2) is 43.7 Å². The third kappa shape index (κ3) is 4.20. The second-order valence-corrected chi connectivity index (χ2v) is 8.41. The average molecular weight is 322 g/mol. The quantitative estimate of drug-likeness (QED) is 0.674. The zero-order valence-corrected chi connectivity index (χ0v) is 15.1. The van der Waals surface area contributed by atoms with E-state index in [-0.39, 0.29) is 6.03 Å². The van der Waals surface area contributed by atoms with Crippen molar-refractivity contribution in [2.45, 2.75) is 58.8 Å². The van der Waals surface area contributed by atoms with Crippen LogP contribution in [0, 0.1) is 23.2 Å². The van der Waals surface area contributed by atoms with Gasteiger partial charge in [-0.25, -0.2) is 4.79 Å². The van der Waals surface area contributed by atoms with Crippen molar-refractivity contribution in [3.05, 3.63) is 0 Å². The largest absolute Gasteiger partial charge is 0.338 e. The van der Waals surface area contributed by atoms with Crippen LogP contribution in [0.3, 0.4) is 0 Å². The summed E-state index contributed by atoms with van der Waals surface area (Å²) in [6.07, 6.45) is 9.53. The predicted octanol–water partition coefficient (Wildman–Crippen LogP) is 3.23. The van der Waals surface area contributed by atoms with E-state index in [0.29, 0.717) is 5.41 Å². The van der Waals surface area contributed by atoms with Gasteiger partial charge in [-0.1, -0.05) is 13.8 Å². The summed E-state index contributed by atoms with van der Waals surface area (Å²) >= 11 is 0. The lowest BCUT2D eigenvalue weighted by Gasteiger charge is -2.56. The van der Waals surface area contributed by atoms with Gasteiger partial charge in [0.05, 0.1) is 0 Å². The molecule has 4 aliphatic rings. The molecule has 4 rings (SSSR count). The zero-order chi connectivity index (χ0) is 16.3. The molecule has 0 heterocycles. The Morgan fingerprint density at radius 3 is 2.09 bits per heavy atom. The monoisotopic (exact) mass is 321 g/mol. The van der Waals surface area contributed by atoms with Crippen molar-refractivity contribution in [1.82, 2.24) is 15.5 Å². The van der Waals surface area contributed by atoms with E-state index in [1.807, 2.05) is 0 Å². The molecular weight excluding hydrogens is 286 g/mol. The summed E-state index contributed by atoms with van der Waals surface area (Å²) < 4.78 is 0. The summed E-state index contributed by atoms with van der Waals surface area (Å²) in [5.74, 6) is 2.88. The van der Waals surface area contributed by atoms with E-state index < -0.39 is 0 Å². The van der Waals surface area contributed by atoms with Gasteiger partial charge in [0.1, 0.15) is 0 Å². The first-order chi connectivity index (χ1) is 11.1. The van der Waals surface area contributed by atoms with Crippen LogP contribution in [0.4, 0.5) is 4.79 Å². The van der Waals surface area contributed by atoms with Crippen molar-refractivity contribution >= 4 is 6.03 Å². The molecule has 4 nitrogen and oxygen atoms in total. The molecule has 0 saturated heterocycles. The van der Waals surface area contributed by atoms with Crippen molar-refractivity contribution in [2.24, 2.45) is 23.2 Å². The average Bonchev–Trinajstić information content (AvgIpc) is 2.52. The summed E-state index contributed by atoms with van der Waals surface area (Å²) in [7, 11) is 0. The minimum atomic E-state index is 0.0419. The number of amides is 2. The molecule has 0 aromatic carbocycles. The standard InChI is InChI=1S/C19H35N3O/c1-3-22(4-2)7-5-6-20-18(23)21-14-19-11-15-8-16(12-19)10-17(9-15)13-19/h15-17H,3-14H2,1-2H3,(H2,20,21,23). The smallest absolute Gasteiger partial charge is 0.314 e. The number of hydrogen-bond donors (Lipinski definition) is 2. The van der Waals surface area contributed by atoms with Crippen LogP contribution < -0.4 is 10.6 Å². The molecule has 0 atom stereocenters. The molecule has 132 valence electrons. The topological polar surface area (TPSA) is 44.4 Å². The molecule has 4 heteroatoms. The maximum atomic E-state index is 12.1. The lowest BCUT2D eigenvalue weighted by atomic mass is 9.49. The maximum Gasteiger partial charge on any atom is 0.314 e. The summed E-state index contributed by atoms with van der Waals surface area (Å²) in [6.45, 7) is 9.32. The highest BCUT2D eigenvalue weighted by atomic mass is 16.2. The minimum absolute atomic E-state index is 0.0419. The molecule has 4 bridgehead atoms. The first kappa shape index (κ1) is 17.1. The molecule has 0 aromatic rings. The predicted molar refractivity (Wildman–Crippen MR) is 94.4 cm³/mol. The Morgan fingerprint density at radius 1 is 1.00 bits per heavy atom. The van der Waals surface area contributed by atoms with Gasteiger partial charge in [0.25, 0.3) is 0 Å². The lowest BCUT2D eigenvalue weighted by Crippen LogP contribution is -2.52.